The number of esters is 1. The average Bonchev–Trinajstić information content (AvgIpc) is 2.51. The minimum absolute atomic E-state index is 0.0195. The third-order valence-electron chi connectivity index (χ3n) is 2.82. The summed E-state index contributed by atoms with van der Waals surface area (Å²) < 4.78 is 4.60. The Balaban J connectivity index is 2.24. The van der Waals surface area contributed by atoms with Gasteiger partial charge < -0.3 is 15.2 Å². The summed E-state index contributed by atoms with van der Waals surface area (Å²) in [4.78, 5) is 23.6. The molecular weight excluding hydrogens is 329 g/mol. The quantitative estimate of drug-likeness (QED) is 0.659. The van der Waals surface area contributed by atoms with Gasteiger partial charge in [0, 0.05) is 11.3 Å². The topological polar surface area (TPSA) is 75.6 Å². The second kappa shape index (κ2) is 6.68. The number of ether oxygens (including phenoxy) is 1. The highest BCUT2D eigenvalue weighted by molar-refractivity contribution is 6.37. The summed E-state index contributed by atoms with van der Waals surface area (Å²) >= 11 is 11.6. The van der Waals surface area contributed by atoms with E-state index in [-0.39, 0.29) is 26.9 Å². The van der Waals surface area contributed by atoms with Crippen LogP contribution in [-0.4, -0.2) is 24.1 Å². The van der Waals surface area contributed by atoms with Crippen molar-refractivity contribution in [3.63, 3.8) is 0 Å². The molecule has 0 aliphatic heterocycles. The molecule has 0 aromatic heterocycles. The first-order chi connectivity index (χ1) is 10.4. The van der Waals surface area contributed by atoms with E-state index in [4.69, 9.17) is 23.2 Å². The number of carbonyl (C=O) groups is 2. The zero-order valence-corrected chi connectivity index (χ0v) is 12.9. The second-order valence-corrected chi connectivity index (χ2v) is 5.13. The first-order valence-corrected chi connectivity index (χ1v) is 6.85. The molecule has 0 unspecified atom stereocenters. The Morgan fingerprint density at radius 3 is 2.27 bits per heavy atom. The van der Waals surface area contributed by atoms with Gasteiger partial charge in [-0.15, -0.1) is 0 Å². The van der Waals surface area contributed by atoms with E-state index < -0.39 is 11.9 Å². The van der Waals surface area contributed by atoms with Gasteiger partial charge in [-0.1, -0.05) is 29.3 Å². The summed E-state index contributed by atoms with van der Waals surface area (Å²) in [5.41, 5.74) is 0.849. The highest BCUT2D eigenvalue weighted by Gasteiger charge is 2.13. The molecule has 5 nitrogen and oxygen atoms in total. The van der Waals surface area contributed by atoms with Gasteiger partial charge in [-0.2, -0.15) is 0 Å². The number of halogens is 2. The molecule has 0 atom stereocenters. The Labute approximate surface area is 136 Å². The molecule has 0 aliphatic carbocycles. The number of aromatic hydroxyl groups is 1. The number of hydrogen-bond acceptors (Lipinski definition) is 4. The molecule has 2 rings (SSSR count). The smallest absolute Gasteiger partial charge is 0.337 e. The molecule has 0 spiro atoms. The van der Waals surface area contributed by atoms with Gasteiger partial charge in [0.15, 0.2) is 5.75 Å². The number of hydrogen-bond donors (Lipinski definition) is 2. The lowest BCUT2D eigenvalue weighted by atomic mass is 10.1. The Morgan fingerprint density at radius 2 is 1.68 bits per heavy atom. The van der Waals surface area contributed by atoms with Gasteiger partial charge in [0.2, 0.25) is 0 Å². The van der Waals surface area contributed by atoms with Gasteiger partial charge >= 0.3 is 5.97 Å². The van der Waals surface area contributed by atoms with E-state index in [1.807, 2.05) is 0 Å². The van der Waals surface area contributed by atoms with Crippen molar-refractivity contribution in [2.75, 3.05) is 12.4 Å². The lowest BCUT2D eigenvalue weighted by molar-refractivity contribution is 0.0600. The van der Waals surface area contributed by atoms with E-state index in [0.29, 0.717) is 5.69 Å². The maximum atomic E-state index is 12.2. The van der Waals surface area contributed by atoms with Gasteiger partial charge in [-0.25, -0.2) is 4.79 Å². The summed E-state index contributed by atoms with van der Waals surface area (Å²) in [6.07, 6.45) is 0. The number of phenolic OH excluding ortho intramolecular Hbond substituents is 1. The molecule has 2 N–H and O–H groups in total. The van der Waals surface area contributed by atoms with Crippen molar-refractivity contribution in [3.8, 4) is 5.75 Å². The summed E-state index contributed by atoms with van der Waals surface area (Å²) in [6.45, 7) is 0. The molecular formula is C15H11Cl2NO4. The van der Waals surface area contributed by atoms with Crippen molar-refractivity contribution in [3.05, 3.63) is 57.6 Å². The van der Waals surface area contributed by atoms with Crippen molar-refractivity contribution < 1.29 is 19.4 Å². The van der Waals surface area contributed by atoms with Crippen LogP contribution >= 0.6 is 23.2 Å². The molecule has 114 valence electrons. The van der Waals surface area contributed by atoms with Crippen LogP contribution in [0.1, 0.15) is 20.7 Å². The maximum absolute atomic E-state index is 12.2. The van der Waals surface area contributed by atoms with Gasteiger partial charge in [0.25, 0.3) is 5.91 Å². The number of methoxy groups -OCH3 is 1. The second-order valence-electron chi connectivity index (χ2n) is 4.32. The maximum Gasteiger partial charge on any atom is 0.337 e. The number of carbonyl (C=O) groups excluding carboxylic acids is 2. The zero-order valence-electron chi connectivity index (χ0n) is 11.4. The molecule has 2 aromatic carbocycles. The average molecular weight is 340 g/mol. The van der Waals surface area contributed by atoms with Crippen LogP contribution in [0.5, 0.6) is 5.75 Å². The predicted octanol–water partition coefficient (Wildman–Crippen LogP) is 3.74. The highest BCUT2D eigenvalue weighted by Crippen LogP contribution is 2.34. The fourth-order valence-electron chi connectivity index (χ4n) is 1.75. The van der Waals surface area contributed by atoms with Crippen LogP contribution < -0.4 is 5.32 Å². The monoisotopic (exact) mass is 339 g/mol. The lowest BCUT2D eigenvalue weighted by Crippen LogP contribution is -2.13. The van der Waals surface area contributed by atoms with Crippen LogP contribution in [0.25, 0.3) is 0 Å². The summed E-state index contributed by atoms with van der Waals surface area (Å²) in [5.74, 6) is -1.25. The number of anilines is 1. The summed E-state index contributed by atoms with van der Waals surface area (Å²) in [7, 11) is 1.26. The molecule has 22 heavy (non-hydrogen) atoms. The molecule has 0 heterocycles. The number of benzene rings is 2. The minimum atomic E-state index is -0.537. The Bertz CT molecular complexity index is 723. The van der Waals surface area contributed by atoms with Crippen LogP contribution in [0.4, 0.5) is 5.69 Å². The molecule has 0 aliphatic rings. The number of rotatable bonds is 3. The number of phenols is 1. The first kappa shape index (κ1) is 16.1. The van der Waals surface area contributed by atoms with Gasteiger partial charge in [-0.3, -0.25) is 4.79 Å². The van der Waals surface area contributed by atoms with E-state index in [1.54, 1.807) is 12.1 Å². The molecule has 0 saturated heterocycles. The van der Waals surface area contributed by atoms with E-state index in [2.05, 4.69) is 10.1 Å². The summed E-state index contributed by atoms with van der Waals surface area (Å²) in [5, 5.41) is 12.1. The first-order valence-electron chi connectivity index (χ1n) is 6.10. The Kier molecular flexibility index (Phi) is 4.90. The zero-order chi connectivity index (χ0) is 16.3. The fourth-order valence-corrected chi connectivity index (χ4v) is 2.23. The van der Waals surface area contributed by atoms with Gasteiger partial charge in [-0.05, 0) is 30.3 Å². The number of nitrogens with one attached hydrogen (secondary N) is 1. The Morgan fingerprint density at radius 1 is 1.09 bits per heavy atom. The Hall–Kier alpha value is -2.24. The molecule has 0 bridgehead atoms. The van der Waals surface area contributed by atoms with Crippen LogP contribution in [0.3, 0.4) is 0 Å². The van der Waals surface area contributed by atoms with Crippen molar-refractivity contribution in [2.24, 2.45) is 0 Å². The van der Waals surface area contributed by atoms with Crippen LogP contribution in [-0.2, 0) is 4.74 Å². The van der Waals surface area contributed by atoms with Crippen molar-refractivity contribution >= 4 is 40.8 Å². The van der Waals surface area contributed by atoms with Gasteiger partial charge in [0.1, 0.15) is 0 Å². The molecule has 7 heteroatoms. The standard InChI is InChI=1S/C15H11Cl2NO4/c1-22-15(21)9-4-2-3-8(5-9)14(20)18-10-6-11(16)13(19)12(17)7-10/h2-7,19H,1H3,(H,18,20). The van der Waals surface area contributed by atoms with Crippen LogP contribution in [0, 0.1) is 0 Å². The number of amides is 1. The fraction of sp³-hybridized carbons (Fsp3) is 0.0667. The normalized spacial score (nSPS) is 10.1. The van der Waals surface area contributed by atoms with Gasteiger partial charge in [0.05, 0.1) is 22.7 Å². The molecule has 2 aromatic rings. The van der Waals surface area contributed by atoms with E-state index in [9.17, 15) is 14.7 Å². The molecule has 0 saturated carbocycles. The van der Waals surface area contributed by atoms with E-state index >= 15 is 0 Å². The SMILES string of the molecule is COC(=O)c1cccc(C(=O)Nc2cc(Cl)c(O)c(Cl)c2)c1. The van der Waals surface area contributed by atoms with Crippen molar-refractivity contribution in [2.45, 2.75) is 0 Å². The minimum Gasteiger partial charge on any atom is -0.505 e. The third-order valence-corrected chi connectivity index (χ3v) is 3.40. The molecule has 1 amide bonds. The lowest BCUT2D eigenvalue weighted by Gasteiger charge is -2.08. The van der Waals surface area contributed by atoms with E-state index in [1.165, 1.54) is 31.4 Å². The highest BCUT2D eigenvalue weighted by atomic mass is 35.5. The molecule has 0 fully saturated rings. The summed E-state index contributed by atoms with van der Waals surface area (Å²) in [6, 6.07) is 8.79. The van der Waals surface area contributed by atoms with Crippen molar-refractivity contribution in [1.82, 2.24) is 0 Å². The third kappa shape index (κ3) is 3.50. The molecule has 0 radical (unpaired) electrons. The van der Waals surface area contributed by atoms with Crippen LogP contribution in [0.2, 0.25) is 10.0 Å². The van der Waals surface area contributed by atoms with Crippen LogP contribution in [0.15, 0.2) is 36.4 Å². The van der Waals surface area contributed by atoms with E-state index in [0.717, 1.165) is 0 Å². The largest absolute Gasteiger partial charge is 0.505 e. The van der Waals surface area contributed by atoms with Crippen molar-refractivity contribution in [1.29, 1.82) is 0 Å². The predicted molar refractivity (Wildman–Crippen MR) is 83.9 cm³/mol.